The van der Waals surface area contributed by atoms with Gasteiger partial charge in [-0.15, -0.1) is 0 Å². The lowest BCUT2D eigenvalue weighted by Crippen LogP contribution is -2.28. The molecule has 3 heteroatoms. The minimum absolute atomic E-state index is 0.0160. The lowest BCUT2D eigenvalue weighted by Gasteiger charge is -2.02. The number of carbonyl (C=O) groups excluding carboxylic acids is 1. The average Bonchev–Trinajstić information content (AvgIpc) is 3.07. The van der Waals surface area contributed by atoms with Crippen molar-refractivity contribution in [3.8, 4) is 0 Å². The highest BCUT2D eigenvalue weighted by molar-refractivity contribution is 5.83. The minimum atomic E-state index is -0.205. The van der Waals surface area contributed by atoms with Crippen LogP contribution >= 0.6 is 0 Å². The Morgan fingerprint density at radius 3 is 2.81 bits per heavy atom. The van der Waals surface area contributed by atoms with E-state index in [1.165, 1.54) is 0 Å². The number of hydrogen-bond donors (Lipinski definition) is 1. The lowest BCUT2D eigenvalue weighted by atomic mass is 10.2. The second kappa shape index (κ2) is 5.12. The molecule has 0 radical (unpaired) electrons. The first-order chi connectivity index (χ1) is 7.81. The summed E-state index contributed by atoms with van der Waals surface area (Å²) in [5, 5.41) is 2.89. The maximum Gasteiger partial charge on any atom is 0.252 e. The summed E-state index contributed by atoms with van der Waals surface area (Å²) in [7, 11) is 0. The van der Waals surface area contributed by atoms with Crippen molar-refractivity contribution in [3.05, 3.63) is 35.9 Å². The number of amides is 1. The van der Waals surface area contributed by atoms with Crippen LogP contribution in [0.25, 0.3) is 0 Å². The van der Waals surface area contributed by atoms with Gasteiger partial charge < -0.3 is 10.1 Å². The maximum atomic E-state index is 11.6. The van der Waals surface area contributed by atoms with Gasteiger partial charge in [0.05, 0.1) is 6.10 Å². The summed E-state index contributed by atoms with van der Waals surface area (Å²) >= 11 is 0. The van der Waals surface area contributed by atoms with Crippen molar-refractivity contribution < 1.29 is 9.53 Å². The number of nitrogens with one attached hydrogen (secondary N) is 1. The molecule has 1 heterocycles. The van der Waals surface area contributed by atoms with Gasteiger partial charge in [-0.1, -0.05) is 43.7 Å². The van der Waals surface area contributed by atoms with Crippen molar-refractivity contribution in [3.63, 3.8) is 0 Å². The Bertz CT molecular complexity index is 350. The van der Waals surface area contributed by atoms with Crippen molar-refractivity contribution in [2.24, 2.45) is 0 Å². The van der Waals surface area contributed by atoms with E-state index in [1.54, 1.807) is 0 Å². The molecule has 2 rings (SSSR count). The molecule has 1 aromatic rings. The molecule has 1 aliphatic rings. The molecule has 0 bridgehead atoms. The Morgan fingerprint density at radius 2 is 2.12 bits per heavy atom. The summed E-state index contributed by atoms with van der Waals surface area (Å²) in [5.74, 6) is 0.0160. The van der Waals surface area contributed by atoms with Gasteiger partial charge in [-0.25, -0.2) is 0 Å². The van der Waals surface area contributed by atoms with Crippen LogP contribution in [-0.2, 0) is 16.1 Å². The number of epoxide rings is 1. The van der Waals surface area contributed by atoms with E-state index in [1.807, 2.05) is 30.3 Å². The molecule has 1 fully saturated rings. The Balaban J connectivity index is 1.73. The van der Waals surface area contributed by atoms with Gasteiger partial charge in [-0.05, 0) is 12.0 Å². The van der Waals surface area contributed by atoms with Gasteiger partial charge >= 0.3 is 0 Å². The van der Waals surface area contributed by atoms with Crippen LogP contribution in [0.4, 0.5) is 0 Å². The first kappa shape index (κ1) is 11.1. The normalized spacial score (nSPS) is 22.8. The predicted molar refractivity (Wildman–Crippen MR) is 61.9 cm³/mol. The largest absolute Gasteiger partial charge is 0.359 e. The average molecular weight is 219 g/mol. The summed E-state index contributed by atoms with van der Waals surface area (Å²) in [5.41, 5.74) is 1.11. The van der Waals surface area contributed by atoms with E-state index in [2.05, 4.69) is 12.2 Å². The first-order valence-electron chi connectivity index (χ1n) is 5.78. The van der Waals surface area contributed by atoms with Crippen LogP contribution in [0.5, 0.6) is 0 Å². The topological polar surface area (TPSA) is 41.6 Å². The highest BCUT2D eigenvalue weighted by atomic mass is 16.6. The zero-order valence-corrected chi connectivity index (χ0v) is 9.48. The van der Waals surface area contributed by atoms with Crippen LogP contribution in [0.2, 0.25) is 0 Å². The molecule has 3 nitrogen and oxygen atoms in total. The third-order valence-corrected chi connectivity index (χ3v) is 2.72. The molecule has 0 spiro atoms. The van der Waals surface area contributed by atoms with Crippen LogP contribution in [0.1, 0.15) is 25.3 Å². The second-order valence-electron chi connectivity index (χ2n) is 4.09. The Labute approximate surface area is 95.8 Å². The second-order valence-corrected chi connectivity index (χ2v) is 4.09. The van der Waals surface area contributed by atoms with E-state index < -0.39 is 0 Å². The van der Waals surface area contributed by atoms with E-state index in [0.717, 1.165) is 18.4 Å². The molecule has 0 aliphatic carbocycles. The van der Waals surface area contributed by atoms with Gasteiger partial charge in [0, 0.05) is 6.54 Å². The van der Waals surface area contributed by atoms with Gasteiger partial charge in [-0.2, -0.15) is 0 Å². The summed E-state index contributed by atoms with van der Waals surface area (Å²) in [6.07, 6.45) is 1.99. The number of rotatable bonds is 5. The fourth-order valence-electron chi connectivity index (χ4n) is 1.76. The molecule has 0 aromatic heterocycles. The standard InChI is InChI=1S/C13H17NO2/c1-2-6-11-12(16-11)13(15)14-9-10-7-4-3-5-8-10/h3-5,7-8,11-12H,2,6,9H2,1H3,(H,14,15). The molecule has 1 aliphatic heterocycles. The molecular formula is C13H17NO2. The number of benzene rings is 1. The van der Waals surface area contributed by atoms with Crippen molar-refractivity contribution >= 4 is 5.91 Å². The van der Waals surface area contributed by atoms with Gasteiger partial charge in [0.15, 0.2) is 6.10 Å². The molecule has 86 valence electrons. The molecule has 1 amide bonds. The molecule has 1 N–H and O–H groups in total. The smallest absolute Gasteiger partial charge is 0.252 e. The molecule has 16 heavy (non-hydrogen) atoms. The molecule has 0 saturated carbocycles. The Morgan fingerprint density at radius 1 is 1.38 bits per heavy atom. The highest BCUT2D eigenvalue weighted by Gasteiger charge is 2.43. The highest BCUT2D eigenvalue weighted by Crippen LogP contribution is 2.26. The van der Waals surface area contributed by atoms with E-state index in [4.69, 9.17) is 4.74 Å². The van der Waals surface area contributed by atoms with E-state index in [9.17, 15) is 4.79 Å². The predicted octanol–water partition coefficient (Wildman–Crippen LogP) is 1.87. The Hall–Kier alpha value is -1.35. The number of hydrogen-bond acceptors (Lipinski definition) is 2. The van der Waals surface area contributed by atoms with Crippen LogP contribution in [0.3, 0.4) is 0 Å². The van der Waals surface area contributed by atoms with E-state index in [0.29, 0.717) is 6.54 Å². The van der Waals surface area contributed by atoms with Crippen LogP contribution in [-0.4, -0.2) is 18.1 Å². The summed E-state index contributed by atoms with van der Waals surface area (Å²) < 4.78 is 5.30. The fraction of sp³-hybridized carbons (Fsp3) is 0.462. The van der Waals surface area contributed by atoms with Crippen LogP contribution < -0.4 is 5.32 Å². The van der Waals surface area contributed by atoms with Crippen LogP contribution in [0.15, 0.2) is 30.3 Å². The zero-order chi connectivity index (χ0) is 11.4. The van der Waals surface area contributed by atoms with Gasteiger partial charge in [0.2, 0.25) is 0 Å². The molecule has 1 saturated heterocycles. The summed E-state index contributed by atoms with van der Waals surface area (Å²) in [6, 6.07) is 9.89. The third kappa shape index (κ3) is 2.83. The van der Waals surface area contributed by atoms with E-state index >= 15 is 0 Å². The van der Waals surface area contributed by atoms with Crippen molar-refractivity contribution in [1.29, 1.82) is 0 Å². The lowest BCUT2D eigenvalue weighted by molar-refractivity contribution is -0.122. The zero-order valence-electron chi connectivity index (χ0n) is 9.48. The monoisotopic (exact) mass is 219 g/mol. The molecule has 1 aromatic carbocycles. The minimum Gasteiger partial charge on any atom is -0.359 e. The summed E-state index contributed by atoms with van der Waals surface area (Å²) in [4.78, 5) is 11.6. The quantitative estimate of drug-likeness (QED) is 0.768. The molecular weight excluding hydrogens is 202 g/mol. The van der Waals surface area contributed by atoms with Crippen LogP contribution in [0, 0.1) is 0 Å². The van der Waals surface area contributed by atoms with Crippen molar-refractivity contribution in [2.45, 2.75) is 38.5 Å². The Kier molecular flexibility index (Phi) is 3.57. The maximum absolute atomic E-state index is 11.6. The van der Waals surface area contributed by atoms with Crippen molar-refractivity contribution in [1.82, 2.24) is 5.32 Å². The van der Waals surface area contributed by atoms with Gasteiger partial charge in [0.1, 0.15) is 0 Å². The number of ether oxygens (including phenoxy) is 1. The van der Waals surface area contributed by atoms with E-state index in [-0.39, 0.29) is 18.1 Å². The first-order valence-corrected chi connectivity index (χ1v) is 5.78. The van der Waals surface area contributed by atoms with Gasteiger partial charge in [0.25, 0.3) is 5.91 Å². The fourth-order valence-corrected chi connectivity index (χ4v) is 1.76. The summed E-state index contributed by atoms with van der Waals surface area (Å²) in [6.45, 7) is 2.68. The van der Waals surface area contributed by atoms with Gasteiger partial charge in [-0.3, -0.25) is 4.79 Å². The molecule has 2 atom stereocenters. The third-order valence-electron chi connectivity index (χ3n) is 2.72. The molecule has 2 unspecified atom stereocenters. The van der Waals surface area contributed by atoms with Crippen molar-refractivity contribution in [2.75, 3.05) is 0 Å². The number of carbonyl (C=O) groups is 1. The SMILES string of the molecule is CCCC1OC1C(=O)NCc1ccccc1.